The second-order valence-electron chi connectivity index (χ2n) is 7.52. The van der Waals surface area contributed by atoms with Crippen LogP contribution in [0.2, 0.25) is 0 Å². The Morgan fingerprint density at radius 2 is 1.59 bits per heavy atom. The van der Waals surface area contributed by atoms with Crippen LogP contribution in [0.25, 0.3) is 0 Å². The summed E-state index contributed by atoms with van der Waals surface area (Å²) in [6, 6.07) is 23.5. The molecule has 0 saturated heterocycles. The largest absolute Gasteiger partial charge is 0.354 e. The van der Waals surface area contributed by atoms with E-state index in [1.165, 1.54) is 4.68 Å². The molecule has 1 amide bonds. The van der Waals surface area contributed by atoms with Crippen LogP contribution in [0, 0.1) is 0 Å². The Labute approximate surface area is 170 Å². The second kappa shape index (κ2) is 8.86. The number of benzene rings is 2. The van der Waals surface area contributed by atoms with E-state index in [2.05, 4.69) is 34.7 Å². The lowest BCUT2D eigenvalue weighted by Crippen LogP contribution is -2.32. The molecule has 5 heteroatoms. The Hall–Kier alpha value is -3.21. The molecule has 0 radical (unpaired) electrons. The van der Waals surface area contributed by atoms with E-state index in [0.29, 0.717) is 25.4 Å². The monoisotopic (exact) mass is 387 g/mol. The fraction of sp³-hybridized carbons (Fsp3) is 0.292. The van der Waals surface area contributed by atoms with Gasteiger partial charge in [0.25, 0.3) is 5.56 Å². The highest BCUT2D eigenvalue weighted by molar-refractivity contribution is 5.77. The number of carbonyl (C=O) groups is 1. The van der Waals surface area contributed by atoms with Gasteiger partial charge in [0.2, 0.25) is 5.91 Å². The molecule has 29 heavy (non-hydrogen) atoms. The molecule has 0 aliphatic heterocycles. The van der Waals surface area contributed by atoms with Crippen molar-refractivity contribution in [3.05, 3.63) is 100.0 Å². The summed E-state index contributed by atoms with van der Waals surface area (Å²) in [6.45, 7) is 0.767. The normalized spacial score (nSPS) is 13.4. The first-order valence-corrected chi connectivity index (χ1v) is 10.2. The molecule has 0 unspecified atom stereocenters. The minimum atomic E-state index is -0.130. The van der Waals surface area contributed by atoms with Crippen LogP contribution >= 0.6 is 0 Å². The summed E-state index contributed by atoms with van der Waals surface area (Å²) in [5.41, 5.74) is 3.08. The zero-order valence-corrected chi connectivity index (χ0v) is 16.3. The Morgan fingerprint density at radius 3 is 2.17 bits per heavy atom. The lowest BCUT2D eigenvalue weighted by molar-refractivity contribution is -0.121. The first-order chi connectivity index (χ1) is 14.2. The number of nitrogens with zero attached hydrogens (tertiary/aromatic N) is 2. The molecule has 1 saturated carbocycles. The number of amides is 1. The van der Waals surface area contributed by atoms with Crippen molar-refractivity contribution in [2.24, 2.45) is 0 Å². The van der Waals surface area contributed by atoms with E-state index in [-0.39, 0.29) is 17.4 Å². The van der Waals surface area contributed by atoms with Crippen LogP contribution in [0.1, 0.15) is 47.9 Å². The van der Waals surface area contributed by atoms with Crippen molar-refractivity contribution in [1.82, 2.24) is 15.1 Å². The van der Waals surface area contributed by atoms with E-state index in [4.69, 9.17) is 0 Å². The van der Waals surface area contributed by atoms with Gasteiger partial charge in [-0.05, 0) is 30.0 Å². The molecule has 1 aromatic heterocycles. The van der Waals surface area contributed by atoms with E-state index in [1.54, 1.807) is 6.07 Å². The van der Waals surface area contributed by atoms with E-state index in [9.17, 15) is 9.59 Å². The molecule has 2 aromatic carbocycles. The summed E-state index contributed by atoms with van der Waals surface area (Å²) in [5, 5.41) is 7.39. The zero-order valence-electron chi connectivity index (χ0n) is 16.3. The predicted octanol–water partition coefficient (Wildman–Crippen LogP) is 3.46. The molecule has 4 rings (SSSR count). The van der Waals surface area contributed by atoms with Gasteiger partial charge in [-0.3, -0.25) is 9.59 Å². The van der Waals surface area contributed by atoms with Crippen LogP contribution < -0.4 is 10.9 Å². The summed E-state index contributed by atoms with van der Waals surface area (Å²) in [7, 11) is 0. The molecule has 0 bridgehead atoms. The molecule has 3 aromatic rings. The predicted molar refractivity (Wildman–Crippen MR) is 113 cm³/mol. The fourth-order valence-electron chi connectivity index (χ4n) is 3.58. The number of hydrogen-bond acceptors (Lipinski definition) is 3. The molecule has 1 fully saturated rings. The van der Waals surface area contributed by atoms with E-state index in [1.807, 2.05) is 42.5 Å². The summed E-state index contributed by atoms with van der Waals surface area (Å²) in [4.78, 5) is 24.7. The number of rotatable bonds is 8. The lowest BCUT2D eigenvalue weighted by atomic mass is 9.88. The number of carbonyl (C=O) groups excluding carboxylic acids is 1. The van der Waals surface area contributed by atoms with Crippen LogP contribution in [-0.4, -0.2) is 22.2 Å². The van der Waals surface area contributed by atoms with Gasteiger partial charge in [-0.25, -0.2) is 4.68 Å². The first kappa shape index (κ1) is 19.1. The highest BCUT2D eigenvalue weighted by Crippen LogP contribution is 2.38. The Kier molecular flexibility index (Phi) is 5.84. The molecule has 0 atom stereocenters. The van der Waals surface area contributed by atoms with Gasteiger partial charge in [-0.1, -0.05) is 60.7 Å². The Morgan fingerprint density at radius 1 is 0.966 bits per heavy atom. The van der Waals surface area contributed by atoms with Gasteiger partial charge in [0.05, 0.1) is 12.2 Å². The summed E-state index contributed by atoms with van der Waals surface area (Å²) in [6.07, 6.45) is 2.64. The smallest absolute Gasteiger partial charge is 0.266 e. The van der Waals surface area contributed by atoms with Crippen molar-refractivity contribution in [2.75, 3.05) is 6.54 Å². The molecule has 1 aliphatic carbocycles. The van der Waals surface area contributed by atoms with Gasteiger partial charge in [0.1, 0.15) is 0 Å². The number of aromatic nitrogens is 2. The average Bonchev–Trinajstić information content (AvgIpc) is 3.60. The van der Waals surface area contributed by atoms with E-state index >= 15 is 0 Å². The van der Waals surface area contributed by atoms with Gasteiger partial charge in [0.15, 0.2) is 0 Å². The lowest BCUT2D eigenvalue weighted by Gasteiger charge is -2.18. The highest BCUT2D eigenvalue weighted by atomic mass is 16.1. The average molecular weight is 387 g/mol. The van der Waals surface area contributed by atoms with Crippen molar-refractivity contribution in [3.8, 4) is 0 Å². The quantitative estimate of drug-likeness (QED) is 0.644. The Balaban J connectivity index is 1.39. The maximum atomic E-state index is 12.6. The van der Waals surface area contributed by atoms with Crippen LogP contribution in [-0.2, 0) is 11.3 Å². The van der Waals surface area contributed by atoms with Crippen molar-refractivity contribution in [1.29, 1.82) is 0 Å². The first-order valence-electron chi connectivity index (χ1n) is 10.2. The minimum Gasteiger partial charge on any atom is -0.354 e. The molecule has 1 heterocycles. The van der Waals surface area contributed by atoms with Crippen molar-refractivity contribution < 1.29 is 4.79 Å². The van der Waals surface area contributed by atoms with Gasteiger partial charge in [-0.15, -0.1) is 0 Å². The van der Waals surface area contributed by atoms with Crippen LogP contribution in [0.15, 0.2) is 77.6 Å². The van der Waals surface area contributed by atoms with Gasteiger partial charge < -0.3 is 5.32 Å². The molecule has 5 nitrogen and oxygen atoms in total. The molecule has 1 N–H and O–H groups in total. The Bertz CT molecular complexity index is 972. The molecule has 1 aliphatic rings. The molecule has 0 spiro atoms. The standard InChI is InChI=1S/C24H25N3O2/c28-23(25-15-16-27-24(29)14-13-22(26-27)20-11-12-20)17-21(18-7-3-1-4-8-18)19-9-5-2-6-10-19/h1-10,13-14,20-21H,11-12,15-17H2,(H,25,28). The maximum absolute atomic E-state index is 12.6. The van der Waals surface area contributed by atoms with E-state index < -0.39 is 0 Å². The zero-order chi connectivity index (χ0) is 20.1. The summed E-state index contributed by atoms with van der Waals surface area (Å²) in [5.74, 6) is 0.458. The van der Waals surface area contributed by atoms with Gasteiger partial charge >= 0.3 is 0 Å². The van der Waals surface area contributed by atoms with Crippen molar-refractivity contribution in [2.45, 2.75) is 37.6 Å². The van der Waals surface area contributed by atoms with E-state index in [0.717, 1.165) is 29.7 Å². The number of nitrogens with one attached hydrogen (secondary N) is 1. The second-order valence-corrected chi connectivity index (χ2v) is 7.52. The van der Waals surface area contributed by atoms with Crippen molar-refractivity contribution in [3.63, 3.8) is 0 Å². The fourth-order valence-corrected chi connectivity index (χ4v) is 3.58. The third kappa shape index (κ3) is 4.99. The maximum Gasteiger partial charge on any atom is 0.266 e. The minimum absolute atomic E-state index is 0.00329. The van der Waals surface area contributed by atoms with Crippen LogP contribution in [0.4, 0.5) is 0 Å². The summed E-state index contributed by atoms with van der Waals surface area (Å²) >= 11 is 0. The van der Waals surface area contributed by atoms with Crippen LogP contribution in [0.3, 0.4) is 0 Å². The summed E-state index contributed by atoms with van der Waals surface area (Å²) < 4.78 is 1.46. The SMILES string of the molecule is O=C(CC(c1ccccc1)c1ccccc1)NCCn1nc(C2CC2)ccc1=O. The van der Waals surface area contributed by atoms with Crippen LogP contribution in [0.5, 0.6) is 0 Å². The molecular weight excluding hydrogens is 362 g/mol. The van der Waals surface area contributed by atoms with Gasteiger partial charge in [0, 0.05) is 30.9 Å². The topological polar surface area (TPSA) is 64.0 Å². The third-order valence-corrected chi connectivity index (χ3v) is 5.32. The van der Waals surface area contributed by atoms with Crippen molar-refractivity contribution >= 4 is 5.91 Å². The molecule has 148 valence electrons. The van der Waals surface area contributed by atoms with Gasteiger partial charge in [-0.2, -0.15) is 5.10 Å². The number of hydrogen-bond donors (Lipinski definition) is 1. The third-order valence-electron chi connectivity index (χ3n) is 5.32. The highest BCUT2D eigenvalue weighted by Gasteiger charge is 2.25. The molecular formula is C24H25N3O2.